The first-order valence-electron chi connectivity index (χ1n) is 5.28. The van der Waals surface area contributed by atoms with Crippen LogP contribution < -0.4 is 5.32 Å². The van der Waals surface area contributed by atoms with Gasteiger partial charge in [0.25, 0.3) is 0 Å². The zero-order valence-corrected chi connectivity index (χ0v) is 10.8. The minimum absolute atomic E-state index is 0.0722. The van der Waals surface area contributed by atoms with Crippen molar-refractivity contribution in [3.05, 3.63) is 33.7 Å². The molecule has 0 spiro atoms. The van der Waals surface area contributed by atoms with E-state index in [-0.39, 0.29) is 5.69 Å². The zero-order valence-electron chi connectivity index (χ0n) is 9.97. The van der Waals surface area contributed by atoms with E-state index in [0.29, 0.717) is 17.4 Å². The Morgan fingerprint density at radius 3 is 2.78 bits per heavy atom. The van der Waals surface area contributed by atoms with Gasteiger partial charge in [0.05, 0.1) is 24.1 Å². The van der Waals surface area contributed by atoms with E-state index < -0.39 is 5.97 Å². The van der Waals surface area contributed by atoms with Gasteiger partial charge in [-0.3, -0.25) is 4.98 Å². The average molecular weight is 264 g/mol. The molecule has 0 unspecified atom stereocenters. The van der Waals surface area contributed by atoms with Crippen LogP contribution in [0.5, 0.6) is 0 Å². The van der Waals surface area contributed by atoms with Crippen molar-refractivity contribution < 1.29 is 9.90 Å². The third kappa shape index (κ3) is 2.80. The summed E-state index contributed by atoms with van der Waals surface area (Å²) in [7, 11) is 0. The molecule has 2 rings (SSSR count). The van der Waals surface area contributed by atoms with Crippen molar-refractivity contribution in [3.8, 4) is 0 Å². The quantitative estimate of drug-likeness (QED) is 0.876. The zero-order chi connectivity index (χ0) is 13.1. The Hall–Kier alpha value is -2.02. The van der Waals surface area contributed by atoms with Crippen LogP contribution in [0.15, 0.2) is 11.6 Å². The van der Waals surface area contributed by atoms with Crippen molar-refractivity contribution in [1.29, 1.82) is 0 Å². The molecule has 0 amide bonds. The summed E-state index contributed by atoms with van der Waals surface area (Å²) < 4.78 is 0. The smallest absolute Gasteiger partial charge is 0.355 e. The third-order valence-corrected chi connectivity index (χ3v) is 3.23. The highest BCUT2D eigenvalue weighted by Gasteiger charge is 2.08. The lowest BCUT2D eigenvalue weighted by molar-refractivity contribution is 0.0691. The van der Waals surface area contributed by atoms with Crippen LogP contribution >= 0.6 is 11.3 Å². The average Bonchev–Trinajstić information content (AvgIpc) is 2.79. The van der Waals surface area contributed by atoms with E-state index in [2.05, 4.69) is 20.3 Å². The molecule has 94 valence electrons. The summed E-state index contributed by atoms with van der Waals surface area (Å²) in [4.78, 5) is 23.2. The van der Waals surface area contributed by atoms with E-state index in [1.54, 1.807) is 6.20 Å². The number of thiazole rings is 1. The minimum atomic E-state index is -1.01. The number of hydrogen-bond acceptors (Lipinski definition) is 6. The van der Waals surface area contributed by atoms with Crippen LogP contribution in [-0.4, -0.2) is 26.0 Å². The highest BCUT2D eigenvalue weighted by molar-refractivity contribution is 7.09. The van der Waals surface area contributed by atoms with Gasteiger partial charge in [0, 0.05) is 5.38 Å². The molecular weight excluding hydrogens is 252 g/mol. The number of anilines is 1. The Kier molecular flexibility index (Phi) is 3.52. The molecule has 0 aliphatic heterocycles. The van der Waals surface area contributed by atoms with Crippen molar-refractivity contribution in [2.24, 2.45) is 0 Å². The summed E-state index contributed by atoms with van der Waals surface area (Å²) in [5, 5.41) is 14.0. The molecule has 0 saturated heterocycles. The summed E-state index contributed by atoms with van der Waals surface area (Å²) in [5.74, 6) is -0.353. The van der Waals surface area contributed by atoms with Gasteiger partial charge in [-0.15, -0.1) is 11.3 Å². The molecular formula is C11H12N4O2S. The van der Waals surface area contributed by atoms with Crippen LogP contribution in [0.2, 0.25) is 0 Å². The number of carbonyl (C=O) groups is 1. The first-order valence-corrected chi connectivity index (χ1v) is 6.16. The van der Waals surface area contributed by atoms with Gasteiger partial charge in [-0.2, -0.15) is 0 Å². The maximum Gasteiger partial charge on any atom is 0.355 e. The summed E-state index contributed by atoms with van der Waals surface area (Å²) in [5.41, 5.74) is 1.83. The van der Waals surface area contributed by atoms with Crippen molar-refractivity contribution in [3.63, 3.8) is 0 Å². The van der Waals surface area contributed by atoms with Crippen LogP contribution in [0.1, 0.15) is 26.9 Å². The molecule has 2 aromatic rings. The fourth-order valence-corrected chi connectivity index (χ4v) is 1.99. The molecule has 2 N–H and O–H groups in total. The third-order valence-electron chi connectivity index (χ3n) is 2.38. The van der Waals surface area contributed by atoms with Crippen LogP contribution in [0.25, 0.3) is 0 Å². The molecule has 0 saturated carbocycles. The lowest BCUT2D eigenvalue weighted by atomic mass is 10.3. The van der Waals surface area contributed by atoms with Gasteiger partial charge >= 0.3 is 5.97 Å². The molecule has 0 fully saturated rings. The Labute approximate surface area is 108 Å². The molecule has 2 heterocycles. The number of aromatic nitrogens is 3. The van der Waals surface area contributed by atoms with Gasteiger partial charge in [-0.05, 0) is 13.8 Å². The lowest BCUT2D eigenvalue weighted by Gasteiger charge is -2.04. The van der Waals surface area contributed by atoms with E-state index in [4.69, 9.17) is 5.11 Å². The van der Waals surface area contributed by atoms with Crippen LogP contribution in [-0.2, 0) is 6.54 Å². The molecule has 2 aromatic heterocycles. The number of nitrogens with zero attached hydrogens (tertiary/aromatic N) is 3. The molecule has 0 radical (unpaired) electrons. The van der Waals surface area contributed by atoms with Crippen LogP contribution in [0, 0.1) is 13.8 Å². The van der Waals surface area contributed by atoms with Gasteiger partial charge in [0.2, 0.25) is 0 Å². The Morgan fingerprint density at radius 2 is 2.17 bits per heavy atom. The second kappa shape index (κ2) is 5.09. The highest BCUT2D eigenvalue weighted by atomic mass is 32.1. The number of rotatable bonds is 4. The van der Waals surface area contributed by atoms with Gasteiger partial charge in [0.1, 0.15) is 10.8 Å². The van der Waals surface area contributed by atoms with Gasteiger partial charge in [-0.25, -0.2) is 14.8 Å². The Morgan fingerprint density at radius 1 is 1.39 bits per heavy atom. The number of carboxylic acids is 1. The second-order valence-electron chi connectivity index (χ2n) is 3.71. The van der Waals surface area contributed by atoms with E-state index in [9.17, 15) is 4.79 Å². The number of nitrogens with one attached hydrogen (secondary N) is 1. The van der Waals surface area contributed by atoms with Gasteiger partial charge in [-0.1, -0.05) is 0 Å². The van der Waals surface area contributed by atoms with Gasteiger partial charge in [0.15, 0.2) is 5.69 Å². The molecule has 18 heavy (non-hydrogen) atoms. The van der Waals surface area contributed by atoms with E-state index in [1.807, 2.05) is 13.8 Å². The number of aryl methyl sites for hydroxylation is 2. The minimum Gasteiger partial charge on any atom is -0.476 e. The van der Waals surface area contributed by atoms with Crippen LogP contribution in [0.4, 0.5) is 5.82 Å². The number of hydrogen-bond donors (Lipinski definition) is 2. The highest BCUT2D eigenvalue weighted by Crippen LogP contribution is 2.12. The fourth-order valence-electron chi connectivity index (χ4n) is 1.28. The van der Waals surface area contributed by atoms with Crippen molar-refractivity contribution >= 4 is 23.1 Å². The predicted octanol–water partition coefficient (Wildman–Crippen LogP) is 1.86. The maximum absolute atomic E-state index is 10.7. The lowest BCUT2D eigenvalue weighted by Crippen LogP contribution is -2.04. The number of carboxylic acid groups (broad SMARTS) is 1. The predicted molar refractivity (Wildman–Crippen MR) is 67.9 cm³/mol. The van der Waals surface area contributed by atoms with Gasteiger partial charge < -0.3 is 10.4 Å². The first kappa shape index (κ1) is 12.4. The molecule has 0 aliphatic rings. The number of aromatic carboxylic acids is 1. The Bertz CT molecular complexity index is 582. The molecule has 0 bridgehead atoms. The fraction of sp³-hybridized carbons (Fsp3) is 0.273. The monoisotopic (exact) mass is 264 g/mol. The largest absolute Gasteiger partial charge is 0.476 e. The summed E-state index contributed by atoms with van der Waals surface area (Å²) in [6.45, 7) is 4.22. The van der Waals surface area contributed by atoms with Crippen molar-refractivity contribution in [2.75, 3.05) is 5.32 Å². The van der Waals surface area contributed by atoms with Crippen molar-refractivity contribution in [1.82, 2.24) is 15.0 Å². The Balaban J connectivity index is 2.02. The van der Waals surface area contributed by atoms with E-state index >= 15 is 0 Å². The van der Waals surface area contributed by atoms with E-state index in [0.717, 1.165) is 11.4 Å². The molecule has 0 aromatic carbocycles. The maximum atomic E-state index is 10.7. The summed E-state index contributed by atoms with van der Waals surface area (Å²) >= 11 is 1.30. The SMILES string of the molecule is Cc1ncc(NCc2nc(C(=O)O)cs2)nc1C. The van der Waals surface area contributed by atoms with Crippen LogP contribution in [0.3, 0.4) is 0 Å². The molecule has 6 nitrogen and oxygen atoms in total. The topological polar surface area (TPSA) is 88.0 Å². The van der Waals surface area contributed by atoms with E-state index in [1.165, 1.54) is 16.7 Å². The standard InChI is InChI=1S/C11H12N4O2S/c1-6-7(2)14-9(3-12-6)13-4-10-15-8(5-18-10)11(16)17/h3,5H,4H2,1-2H3,(H,13,14)(H,16,17). The molecule has 0 atom stereocenters. The molecule has 7 heteroatoms. The first-order chi connectivity index (χ1) is 8.56. The summed E-state index contributed by atoms with van der Waals surface area (Å²) in [6.07, 6.45) is 1.65. The second-order valence-corrected chi connectivity index (χ2v) is 4.65. The normalized spacial score (nSPS) is 10.3. The molecule has 0 aliphatic carbocycles. The summed E-state index contributed by atoms with van der Waals surface area (Å²) in [6, 6.07) is 0. The van der Waals surface area contributed by atoms with Crippen molar-refractivity contribution in [2.45, 2.75) is 20.4 Å².